The second kappa shape index (κ2) is 7.62. The number of ether oxygens (including phenoxy) is 1. The van der Waals surface area contributed by atoms with Gasteiger partial charge in [-0.2, -0.15) is 8.78 Å². The maximum absolute atomic E-state index is 13.3. The highest BCUT2D eigenvalue weighted by molar-refractivity contribution is 5.77. The predicted molar refractivity (Wildman–Crippen MR) is 74.9 cm³/mol. The summed E-state index contributed by atoms with van der Waals surface area (Å²) in [5.41, 5.74) is 0.998. The van der Waals surface area contributed by atoms with Crippen LogP contribution in [-0.2, 0) is 11.2 Å². The van der Waals surface area contributed by atoms with E-state index in [1.165, 1.54) is 0 Å². The van der Waals surface area contributed by atoms with E-state index in [0.29, 0.717) is 6.42 Å². The lowest BCUT2D eigenvalue weighted by Crippen LogP contribution is -2.31. The third-order valence-electron chi connectivity index (χ3n) is 3.00. The highest BCUT2D eigenvalue weighted by Crippen LogP contribution is 2.26. The van der Waals surface area contributed by atoms with Gasteiger partial charge in [0.2, 0.25) is 11.6 Å². The fraction of sp³-hybridized carbons (Fsp3) is 0.188. The van der Waals surface area contributed by atoms with E-state index in [-0.39, 0.29) is 12.6 Å². The lowest BCUT2D eigenvalue weighted by atomic mass is 10.1. The van der Waals surface area contributed by atoms with Crippen LogP contribution in [0, 0.1) is 23.3 Å². The molecule has 0 aliphatic carbocycles. The highest BCUT2D eigenvalue weighted by atomic mass is 19.2. The number of rotatable bonds is 6. The zero-order chi connectivity index (χ0) is 16.8. The van der Waals surface area contributed by atoms with Gasteiger partial charge in [0.15, 0.2) is 24.0 Å². The molecule has 0 saturated heterocycles. The molecule has 1 N–H and O–H groups in total. The highest BCUT2D eigenvalue weighted by Gasteiger charge is 2.21. The number of carbonyl (C=O) groups is 1. The van der Waals surface area contributed by atoms with E-state index in [9.17, 15) is 22.4 Å². The van der Waals surface area contributed by atoms with E-state index >= 15 is 0 Å². The van der Waals surface area contributed by atoms with Gasteiger partial charge in [0.1, 0.15) is 0 Å². The van der Waals surface area contributed by atoms with Crippen LogP contribution in [0.15, 0.2) is 36.4 Å². The van der Waals surface area contributed by atoms with Crippen LogP contribution in [0.5, 0.6) is 5.75 Å². The van der Waals surface area contributed by atoms with Crippen molar-refractivity contribution < 1.29 is 27.1 Å². The Morgan fingerprint density at radius 3 is 2.22 bits per heavy atom. The van der Waals surface area contributed by atoms with Gasteiger partial charge in [0.25, 0.3) is 5.91 Å². The Labute approximate surface area is 129 Å². The summed E-state index contributed by atoms with van der Waals surface area (Å²) in [5.74, 6) is -8.46. The van der Waals surface area contributed by atoms with Crippen molar-refractivity contribution in [2.24, 2.45) is 0 Å². The molecule has 23 heavy (non-hydrogen) atoms. The molecule has 1 amide bonds. The van der Waals surface area contributed by atoms with Gasteiger partial charge in [-0.3, -0.25) is 4.79 Å². The lowest BCUT2D eigenvalue weighted by Gasteiger charge is -2.10. The molecule has 0 radical (unpaired) electrons. The molecule has 122 valence electrons. The van der Waals surface area contributed by atoms with Gasteiger partial charge in [-0.1, -0.05) is 30.3 Å². The average molecular weight is 327 g/mol. The van der Waals surface area contributed by atoms with Crippen molar-refractivity contribution in [2.45, 2.75) is 6.42 Å². The monoisotopic (exact) mass is 327 g/mol. The Hall–Kier alpha value is -2.57. The van der Waals surface area contributed by atoms with Crippen molar-refractivity contribution in [2.75, 3.05) is 13.2 Å². The summed E-state index contributed by atoms with van der Waals surface area (Å²) in [5, 5.41) is 2.47. The minimum atomic E-state index is -1.68. The minimum absolute atomic E-state index is 0.0669. The molecule has 0 spiro atoms. The van der Waals surface area contributed by atoms with Crippen LogP contribution in [0.2, 0.25) is 0 Å². The zero-order valence-corrected chi connectivity index (χ0v) is 11.9. The molecule has 0 fully saturated rings. The molecule has 0 saturated carbocycles. The number of benzene rings is 2. The Morgan fingerprint density at radius 1 is 1.00 bits per heavy atom. The molecule has 0 aliphatic rings. The molecule has 2 rings (SSSR count). The Bertz CT molecular complexity index is 666. The van der Waals surface area contributed by atoms with Crippen LogP contribution < -0.4 is 10.1 Å². The second-order valence-corrected chi connectivity index (χ2v) is 4.67. The predicted octanol–water partition coefficient (Wildman–Crippen LogP) is 2.98. The van der Waals surface area contributed by atoms with Crippen molar-refractivity contribution in [3.63, 3.8) is 0 Å². The van der Waals surface area contributed by atoms with Gasteiger partial charge in [0.05, 0.1) is 0 Å². The summed E-state index contributed by atoms with van der Waals surface area (Å²) in [7, 11) is 0. The summed E-state index contributed by atoms with van der Waals surface area (Å²) in [6, 6.07) is 9.38. The maximum Gasteiger partial charge on any atom is 0.257 e. The van der Waals surface area contributed by atoms with Crippen LogP contribution in [-0.4, -0.2) is 19.1 Å². The smallest absolute Gasteiger partial charge is 0.257 e. The van der Waals surface area contributed by atoms with Gasteiger partial charge < -0.3 is 10.1 Å². The van der Waals surface area contributed by atoms with E-state index in [0.717, 1.165) is 5.56 Å². The first-order valence-corrected chi connectivity index (χ1v) is 6.75. The van der Waals surface area contributed by atoms with E-state index in [2.05, 4.69) is 10.1 Å². The van der Waals surface area contributed by atoms with Crippen LogP contribution >= 0.6 is 0 Å². The van der Waals surface area contributed by atoms with Crippen molar-refractivity contribution >= 4 is 5.91 Å². The first-order valence-electron chi connectivity index (χ1n) is 6.75. The van der Waals surface area contributed by atoms with Gasteiger partial charge >= 0.3 is 0 Å². The van der Waals surface area contributed by atoms with Crippen molar-refractivity contribution in [1.82, 2.24) is 5.32 Å². The molecule has 0 aliphatic heterocycles. The molecular weight excluding hydrogens is 314 g/mol. The van der Waals surface area contributed by atoms with Gasteiger partial charge in [0, 0.05) is 12.6 Å². The Kier molecular flexibility index (Phi) is 5.56. The maximum atomic E-state index is 13.3. The molecule has 2 aromatic carbocycles. The van der Waals surface area contributed by atoms with Gasteiger partial charge in [-0.15, -0.1) is 0 Å². The number of halogens is 4. The second-order valence-electron chi connectivity index (χ2n) is 4.67. The fourth-order valence-electron chi connectivity index (χ4n) is 1.86. The molecule has 0 bridgehead atoms. The number of amides is 1. The molecular formula is C16H13F4NO2. The molecule has 0 atom stereocenters. The van der Waals surface area contributed by atoms with Crippen molar-refractivity contribution in [3.05, 3.63) is 65.2 Å². The summed E-state index contributed by atoms with van der Waals surface area (Å²) >= 11 is 0. The fourth-order valence-corrected chi connectivity index (χ4v) is 1.86. The normalized spacial score (nSPS) is 10.4. The number of carbonyl (C=O) groups excluding carboxylic acids is 1. The number of hydrogen-bond donors (Lipinski definition) is 1. The van der Waals surface area contributed by atoms with Crippen molar-refractivity contribution in [1.29, 1.82) is 0 Å². The Balaban J connectivity index is 1.85. The van der Waals surface area contributed by atoms with Crippen LogP contribution in [0.4, 0.5) is 17.6 Å². The quantitative estimate of drug-likeness (QED) is 0.654. The lowest BCUT2D eigenvalue weighted by molar-refractivity contribution is -0.123. The van der Waals surface area contributed by atoms with E-state index in [4.69, 9.17) is 0 Å². The SMILES string of the molecule is O=C(COc1c(F)c(F)cc(F)c1F)NCCc1ccccc1. The van der Waals surface area contributed by atoms with E-state index in [1.54, 1.807) is 0 Å². The average Bonchev–Trinajstić information content (AvgIpc) is 2.54. The summed E-state index contributed by atoms with van der Waals surface area (Å²) in [4.78, 5) is 11.5. The van der Waals surface area contributed by atoms with Crippen LogP contribution in [0.25, 0.3) is 0 Å². The molecule has 0 heterocycles. The van der Waals surface area contributed by atoms with Crippen LogP contribution in [0.1, 0.15) is 5.56 Å². The van der Waals surface area contributed by atoms with Gasteiger partial charge in [-0.05, 0) is 12.0 Å². The summed E-state index contributed by atoms with van der Waals surface area (Å²) in [6.45, 7) is -0.472. The molecule has 0 aromatic heterocycles. The molecule has 2 aromatic rings. The number of nitrogens with one attached hydrogen (secondary N) is 1. The summed E-state index contributed by atoms with van der Waals surface area (Å²) < 4.78 is 57.2. The van der Waals surface area contributed by atoms with Crippen molar-refractivity contribution in [3.8, 4) is 5.75 Å². The number of hydrogen-bond acceptors (Lipinski definition) is 2. The van der Waals surface area contributed by atoms with Gasteiger partial charge in [-0.25, -0.2) is 8.78 Å². The van der Waals surface area contributed by atoms with Crippen LogP contribution in [0.3, 0.4) is 0 Å². The molecule has 7 heteroatoms. The summed E-state index contributed by atoms with van der Waals surface area (Å²) in [6.07, 6.45) is 0.559. The van der Waals surface area contributed by atoms with E-state index < -0.39 is 41.5 Å². The standard InChI is InChI=1S/C16H13F4NO2/c17-11-8-12(18)15(20)16(14(11)19)23-9-13(22)21-7-6-10-4-2-1-3-5-10/h1-5,8H,6-7,9H2,(H,21,22). The molecule has 3 nitrogen and oxygen atoms in total. The largest absolute Gasteiger partial charge is 0.477 e. The zero-order valence-electron chi connectivity index (χ0n) is 11.9. The third-order valence-corrected chi connectivity index (χ3v) is 3.00. The Morgan fingerprint density at radius 2 is 1.61 bits per heavy atom. The topological polar surface area (TPSA) is 38.3 Å². The molecule has 0 unspecified atom stereocenters. The van der Waals surface area contributed by atoms with E-state index in [1.807, 2.05) is 30.3 Å². The first-order chi connectivity index (χ1) is 11.0. The first kappa shape index (κ1) is 16.8. The minimum Gasteiger partial charge on any atom is -0.477 e. The third kappa shape index (κ3) is 4.45.